The molecule has 5 nitrogen and oxygen atoms in total. The van der Waals surface area contributed by atoms with E-state index in [0.29, 0.717) is 11.5 Å². The fourth-order valence-electron chi connectivity index (χ4n) is 2.55. The zero-order chi connectivity index (χ0) is 15.9. The Hall–Kier alpha value is -2.01. The molecule has 1 aromatic rings. The van der Waals surface area contributed by atoms with Crippen LogP contribution in [0.25, 0.3) is 0 Å². The summed E-state index contributed by atoms with van der Waals surface area (Å²) in [6, 6.07) is 7.37. The van der Waals surface area contributed by atoms with Crippen LogP contribution in [0.15, 0.2) is 36.9 Å². The summed E-state index contributed by atoms with van der Waals surface area (Å²) in [4.78, 5) is 16.6. The number of amides is 1. The van der Waals surface area contributed by atoms with Gasteiger partial charge in [-0.05, 0) is 19.1 Å². The second-order valence-electron chi connectivity index (χ2n) is 5.33. The summed E-state index contributed by atoms with van der Waals surface area (Å²) in [5, 5.41) is 0. The molecule has 0 aliphatic carbocycles. The van der Waals surface area contributed by atoms with Crippen molar-refractivity contribution in [1.82, 2.24) is 9.80 Å². The second kappa shape index (κ2) is 7.84. The van der Waals surface area contributed by atoms with Crippen molar-refractivity contribution in [2.45, 2.75) is 13.0 Å². The Balaban J connectivity index is 1.91. The summed E-state index contributed by atoms with van der Waals surface area (Å²) in [5.74, 6) is 1.25. The van der Waals surface area contributed by atoms with Gasteiger partial charge in [-0.25, -0.2) is 0 Å². The summed E-state index contributed by atoms with van der Waals surface area (Å²) in [6.07, 6.45) is 1.37. The SMILES string of the molecule is C=CCN1CCN(C(=O)[C@H](C)Oc2ccccc2OC)CC1. The van der Waals surface area contributed by atoms with Gasteiger partial charge in [0.25, 0.3) is 5.91 Å². The summed E-state index contributed by atoms with van der Waals surface area (Å²) in [5.41, 5.74) is 0. The molecule has 5 heteroatoms. The van der Waals surface area contributed by atoms with E-state index in [1.165, 1.54) is 0 Å². The molecule has 1 amide bonds. The first kappa shape index (κ1) is 16.4. The maximum Gasteiger partial charge on any atom is 0.263 e. The molecule has 0 spiro atoms. The van der Waals surface area contributed by atoms with Crippen molar-refractivity contribution in [3.8, 4) is 11.5 Å². The first-order valence-electron chi connectivity index (χ1n) is 7.57. The van der Waals surface area contributed by atoms with Gasteiger partial charge in [0.1, 0.15) is 0 Å². The normalized spacial score (nSPS) is 16.9. The van der Waals surface area contributed by atoms with E-state index >= 15 is 0 Å². The Kier molecular flexibility index (Phi) is 5.83. The maximum atomic E-state index is 12.5. The van der Waals surface area contributed by atoms with Gasteiger partial charge in [-0.3, -0.25) is 9.69 Å². The van der Waals surface area contributed by atoms with E-state index in [-0.39, 0.29) is 5.91 Å². The first-order chi connectivity index (χ1) is 10.7. The summed E-state index contributed by atoms with van der Waals surface area (Å²) in [7, 11) is 1.59. The van der Waals surface area contributed by atoms with Crippen molar-refractivity contribution in [3.05, 3.63) is 36.9 Å². The molecule has 1 aliphatic rings. The number of ether oxygens (including phenoxy) is 2. The number of methoxy groups -OCH3 is 1. The van der Waals surface area contributed by atoms with Gasteiger partial charge >= 0.3 is 0 Å². The minimum Gasteiger partial charge on any atom is -0.493 e. The topological polar surface area (TPSA) is 42.0 Å². The number of carbonyl (C=O) groups is 1. The smallest absolute Gasteiger partial charge is 0.263 e. The third kappa shape index (κ3) is 4.01. The van der Waals surface area contributed by atoms with E-state index in [4.69, 9.17) is 9.47 Å². The maximum absolute atomic E-state index is 12.5. The highest BCUT2D eigenvalue weighted by Gasteiger charge is 2.26. The third-order valence-electron chi connectivity index (χ3n) is 3.79. The molecule has 2 rings (SSSR count). The molecular formula is C17H24N2O3. The molecule has 1 atom stereocenters. The Morgan fingerprint density at radius 1 is 1.27 bits per heavy atom. The van der Waals surface area contributed by atoms with Gasteiger partial charge in [-0.2, -0.15) is 0 Å². The lowest BCUT2D eigenvalue weighted by Crippen LogP contribution is -2.51. The van der Waals surface area contributed by atoms with Crippen LogP contribution in [0.4, 0.5) is 0 Å². The summed E-state index contributed by atoms with van der Waals surface area (Å²) in [6.45, 7) is 9.60. The molecule has 1 aromatic carbocycles. The van der Waals surface area contributed by atoms with Crippen LogP contribution in [0.5, 0.6) is 11.5 Å². The quantitative estimate of drug-likeness (QED) is 0.752. The van der Waals surface area contributed by atoms with Crippen molar-refractivity contribution < 1.29 is 14.3 Å². The van der Waals surface area contributed by atoms with Crippen molar-refractivity contribution >= 4 is 5.91 Å². The van der Waals surface area contributed by atoms with E-state index in [1.807, 2.05) is 35.2 Å². The minimum absolute atomic E-state index is 0.0177. The van der Waals surface area contributed by atoms with Crippen LogP contribution in [0.1, 0.15) is 6.92 Å². The Morgan fingerprint density at radius 3 is 2.50 bits per heavy atom. The van der Waals surface area contributed by atoms with Crippen molar-refractivity contribution in [2.24, 2.45) is 0 Å². The fourth-order valence-corrected chi connectivity index (χ4v) is 2.55. The number of nitrogens with zero attached hydrogens (tertiary/aromatic N) is 2. The number of benzene rings is 1. The molecule has 120 valence electrons. The Labute approximate surface area is 132 Å². The van der Waals surface area contributed by atoms with Crippen LogP contribution in [0.2, 0.25) is 0 Å². The average molecular weight is 304 g/mol. The van der Waals surface area contributed by atoms with E-state index in [2.05, 4.69) is 11.5 Å². The van der Waals surface area contributed by atoms with Crippen LogP contribution < -0.4 is 9.47 Å². The molecule has 1 aliphatic heterocycles. The van der Waals surface area contributed by atoms with E-state index in [1.54, 1.807) is 14.0 Å². The van der Waals surface area contributed by atoms with Crippen LogP contribution in [0, 0.1) is 0 Å². The van der Waals surface area contributed by atoms with Gasteiger partial charge in [-0.1, -0.05) is 18.2 Å². The lowest BCUT2D eigenvalue weighted by atomic mass is 10.2. The zero-order valence-corrected chi connectivity index (χ0v) is 13.3. The molecular weight excluding hydrogens is 280 g/mol. The van der Waals surface area contributed by atoms with Gasteiger partial charge in [-0.15, -0.1) is 6.58 Å². The van der Waals surface area contributed by atoms with E-state index in [0.717, 1.165) is 32.7 Å². The van der Waals surface area contributed by atoms with Crippen LogP contribution >= 0.6 is 0 Å². The molecule has 0 unspecified atom stereocenters. The van der Waals surface area contributed by atoms with Gasteiger partial charge in [0.15, 0.2) is 17.6 Å². The predicted molar refractivity (Wildman–Crippen MR) is 86.3 cm³/mol. The van der Waals surface area contributed by atoms with Gasteiger partial charge in [0, 0.05) is 32.7 Å². The monoisotopic (exact) mass is 304 g/mol. The molecule has 22 heavy (non-hydrogen) atoms. The first-order valence-corrected chi connectivity index (χ1v) is 7.57. The van der Waals surface area contributed by atoms with Crippen molar-refractivity contribution in [2.75, 3.05) is 39.8 Å². The van der Waals surface area contributed by atoms with Crippen molar-refractivity contribution in [1.29, 1.82) is 0 Å². The zero-order valence-electron chi connectivity index (χ0n) is 13.3. The average Bonchev–Trinajstić information content (AvgIpc) is 2.55. The molecule has 0 bridgehead atoms. The highest BCUT2D eigenvalue weighted by atomic mass is 16.5. The minimum atomic E-state index is -0.526. The van der Waals surface area contributed by atoms with Gasteiger partial charge in [0.2, 0.25) is 0 Å². The molecule has 0 saturated carbocycles. The van der Waals surface area contributed by atoms with Gasteiger partial charge in [0.05, 0.1) is 7.11 Å². The number of carbonyl (C=O) groups excluding carboxylic acids is 1. The molecule has 0 N–H and O–H groups in total. The fraction of sp³-hybridized carbons (Fsp3) is 0.471. The number of hydrogen-bond acceptors (Lipinski definition) is 4. The summed E-state index contributed by atoms with van der Waals surface area (Å²) >= 11 is 0. The Morgan fingerprint density at radius 2 is 1.91 bits per heavy atom. The van der Waals surface area contributed by atoms with Crippen LogP contribution in [-0.2, 0) is 4.79 Å². The molecule has 1 heterocycles. The van der Waals surface area contributed by atoms with E-state index in [9.17, 15) is 4.79 Å². The number of piperazine rings is 1. The standard InChI is InChI=1S/C17H24N2O3/c1-4-9-18-10-12-19(13-11-18)17(20)14(2)22-16-8-6-5-7-15(16)21-3/h4-8,14H,1,9-13H2,2-3H3/t14-/m0/s1. The molecule has 1 saturated heterocycles. The second-order valence-corrected chi connectivity index (χ2v) is 5.33. The lowest BCUT2D eigenvalue weighted by Gasteiger charge is -2.35. The van der Waals surface area contributed by atoms with E-state index < -0.39 is 6.10 Å². The lowest BCUT2D eigenvalue weighted by molar-refractivity contribution is -0.139. The largest absolute Gasteiger partial charge is 0.493 e. The van der Waals surface area contributed by atoms with Crippen LogP contribution in [0.3, 0.4) is 0 Å². The number of rotatable bonds is 6. The Bertz CT molecular complexity index is 510. The highest BCUT2D eigenvalue weighted by molar-refractivity contribution is 5.81. The number of para-hydroxylation sites is 2. The van der Waals surface area contributed by atoms with Gasteiger partial charge < -0.3 is 14.4 Å². The summed E-state index contributed by atoms with van der Waals surface area (Å²) < 4.78 is 11.0. The molecule has 1 fully saturated rings. The van der Waals surface area contributed by atoms with Crippen molar-refractivity contribution in [3.63, 3.8) is 0 Å². The third-order valence-corrected chi connectivity index (χ3v) is 3.79. The molecule has 0 aromatic heterocycles. The number of hydrogen-bond donors (Lipinski definition) is 0. The highest BCUT2D eigenvalue weighted by Crippen LogP contribution is 2.27. The van der Waals surface area contributed by atoms with Crippen LogP contribution in [-0.4, -0.2) is 61.6 Å². The predicted octanol–water partition coefficient (Wildman–Crippen LogP) is 1.79. The molecule has 0 radical (unpaired) electrons.